The van der Waals surface area contributed by atoms with Crippen LogP contribution in [0.3, 0.4) is 0 Å². The van der Waals surface area contributed by atoms with E-state index in [-0.39, 0.29) is 12.1 Å². The van der Waals surface area contributed by atoms with Gasteiger partial charge in [0, 0.05) is 6.04 Å². The van der Waals surface area contributed by atoms with Crippen molar-refractivity contribution in [3.8, 4) is 0 Å². The van der Waals surface area contributed by atoms with Crippen LogP contribution in [-0.4, -0.2) is 28.2 Å². The molecule has 0 aromatic heterocycles. The van der Waals surface area contributed by atoms with Crippen molar-refractivity contribution in [2.75, 3.05) is 0 Å². The molecular weight excluding hydrogens is 333 g/mol. The first-order valence-electron chi connectivity index (χ1n) is 9.09. The van der Waals surface area contributed by atoms with E-state index in [0.29, 0.717) is 17.5 Å². The molecule has 2 aromatic rings. The molecule has 0 spiro atoms. The molecule has 1 N–H and O–H groups in total. The number of aliphatic hydroxyl groups excluding tert-OH is 1. The fourth-order valence-corrected chi connectivity index (χ4v) is 3.57. The normalized spacial score (nSPS) is 21.5. The standard InChI is InChI=1S/C21H24FNO3/c1-2-7-18-12-13-19(20(24)16-10-6-11-17(22)14-16)23(18)26-21(25)15-8-4-3-5-9-15/h3-6,8-11,14,18-20,24H,2,7,12-13H2,1H3/t18-,19+,20+/m1/s1. The Hall–Kier alpha value is -2.24. The first-order chi connectivity index (χ1) is 12.6. The predicted octanol–water partition coefficient (Wildman–Crippen LogP) is 4.26. The Balaban J connectivity index is 1.80. The molecule has 1 aliphatic rings. The van der Waals surface area contributed by atoms with Crippen molar-refractivity contribution in [2.24, 2.45) is 0 Å². The second kappa shape index (κ2) is 8.43. The number of carbonyl (C=O) groups excluding carboxylic acids is 1. The zero-order chi connectivity index (χ0) is 18.5. The highest BCUT2D eigenvalue weighted by Gasteiger charge is 2.40. The lowest BCUT2D eigenvalue weighted by molar-refractivity contribution is -0.166. The molecule has 138 valence electrons. The molecule has 0 bridgehead atoms. The second-order valence-electron chi connectivity index (χ2n) is 6.69. The van der Waals surface area contributed by atoms with Gasteiger partial charge in [-0.25, -0.2) is 9.18 Å². The quantitative estimate of drug-likeness (QED) is 0.839. The van der Waals surface area contributed by atoms with Crippen molar-refractivity contribution in [3.05, 3.63) is 71.5 Å². The number of carbonyl (C=O) groups is 1. The molecule has 0 aliphatic carbocycles. The Morgan fingerprint density at radius 2 is 2.00 bits per heavy atom. The molecule has 26 heavy (non-hydrogen) atoms. The number of nitrogens with zero attached hydrogens (tertiary/aromatic N) is 1. The summed E-state index contributed by atoms with van der Waals surface area (Å²) in [6, 6.07) is 14.4. The van der Waals surface area contributed by atoms with E-state index in [1.807, 2.05) is 6.07 Å². The molecule has 1 saturated heterocycles. The maximum Gasteiger partial charge on any atom is 0.357 e. The highest BCUT2D eigenvalue weighted by atomic mass is 19.1. The second-order valence-corrected chi connectivity index (χ2v) is 6.69. The summed E-state index contributed by atoms with van der Waals surface area (Å²) >= 11 is 0. The number of hydrogen-bond acceptors (Lipinski definition) is 4. The minimum absolute atomic E-state index is 0.0564. The van der Waals surface area contributed by atoms with Crippen LogP contribution in [0.1, 0.15) is 54.6 Å². The summed E-state index contributed by atoms with van der Waals surface area (Å²) in [5, 5.41) is 12.4. The third-order valence-corrected chi connectivity index (χ3v) is 4.86. The first kappa shape index (κ1) is 18.5. The number of halogens is 1. The van der Waals surface area contributed by atoms with Crippen LogP contribution in [0.5, 0.6) is 0 Å². The molecule has 1 heterocycles. The molecule has 1 aliphatic heterocycles. The summed E-state index contributed by atoms with van der Waals surface area (Å²) in [4.78, 5) is 18.2. The number of hydroxylamine groups is 2. The van der Waals surface area contributed by atoms with Crippen molar-refractivity contribution in [2.45, 2.75) is 50.8 Å². The van der Waals surface area contributed by atoms with E-state index in [2.05, 4.69) is 6.92 Å². The van der Waals surface area contributed by atoms with E-state index in [4.69, 9.17) is 4.84 Å². The average molecular weight is 357 g/mol. The molecule has 0 amide bonds. The van der Waals surface area contributed by atoms with Gasteiger partial charge in [-0.2, -0.15) is 0 Å². The van der Waals surface area contributed by atoms with E-state index in [9.17, 15) is 14.3 Å². The Kier molecular flexibility index (Phi) is 6.01. The lowest BCUT2D eigenvalue weighted by atomic mass is 10.0. The van der Waals surface area contributed by atoms with Crippen molar-refractivity contribution in [1.29, 1.82) is 0 Å². The minimum atomic E-state index is -0.920. The monoisotopic (exact) mass is 357 g/mol. The minimum Gasteiger partial charge on any atom is -0.387 e. The summed E-state index contributed by atoms with van der Waals surface area (Å²) in [5.74, 6) is -0.831. The van der Waals surface area contributed by atoms with Crippen molar-refractivity contribution in [1.82, 2.24) is 5.06 Å². The van der Waals surface area contributed by atoms with Crippen LogP contribution >= 0.6 is 0 Å². The highest BCUT2D eigenvalue weighted by molar-refractivity contribution is 5.89. The van der Waals surface area contributed by atoms with Gasteiger partial charge in [-0.3, -0.25) is 0 Å². The molecule has 3 atom stereocenters. The summed E-state index contributed by atoms with van der Waals surface area (Å²) < 4.78 is 13.5. The molecule has 0 saturated carbocycles. The third kappa shape index (κ3) is 4.11. The molecular formula is C21H24FNO3. The Labute approximate surface area is 153 Å². The summed E-state index contributed by atoms with van der Waals surface area (Å²) in [6.45, 7) is 2.08. The topological polar surface area (TPSA) is 49.8 Å². The lowest BCUT2D eigenvalue weighted by Gasteiger charge is -2.31. The van der Waals surface area contributed by atoms with Crippen LogP contribution in [-0.2, 0) is 4.84 Å². The predicted molar refractivity (Wildman–Crippen MR) is 96.8 cm³/mol. The van der Waals surface area contributed by atoms with Crippen LogP contribution in [0.25, 0.3) is 0 Å². The average Bonchev–Trinajstić information content (AvgIpc) is 3.04. The number of benzene rings is 2. The van der Waals surface area contributed by atoms with Gasteiger partial charge in [-0.15, -0.1) is 5.06 Å². The Morgan fingerprint density at radius 3 is 2.69 bits per heavy atom. The van der Waals surface area contributed by atoms with Gasteiger partial charge in [0.05, 0.1) is 17.7 Å². The van der Waals surface area contributed by atoms with Gasteiger partial charge < -0.3 is 9.94 Å². The third-order valence-electron chi connectivity index (χ3n) is 4.86. The van der Waals surface area contributed by atoms with Crippen molar-refractivity contribution < 1.29 is 19.1 Å². The smallest absolute Gasteiger partial charge is 0.357 e. The lowest BCUT2D eigenvalue weighted by Crippen LogP contribution is -2.41. The fourth-order valence-electron chi connectivity index (χ4n) is 3.57. The fraction of sp³-hybridized carbons (Fsp3) is 0.381. The maximum absolute atomic E-state index is 13.5. The number of rotatable bonds is 6. The van der Waals surface area contributed by atoms with Crippen LogP contribution in [0.15, 0.2) is 54.6 Å². The van der Waals surface area contributed by atoms with Crippen molar-refractivity contribution >= 4 is 5.97 Å². The zero-order valence-corrected chi connectivity index (χ0v) is 14.8. The van der Waals surface area contributed by atoms with Gasteiger partial charge in [0.1, 0.15) is 5.82 Å². The molecule has 4 nitrogen and oxygen atoms in total. The van der Waals surface area contributed by atoms with Gasteiger partial charge in [0.25, 0.3) is 0 Å². The van der Waals surface area contributed by atoms with Crippen LogP contribution in [0.2, 0.25) is 0 Å². The largest absolute Gasteiger partial charge is 0.387 e. The molecule has 2 aromatic carbocycles. The highest BCUT2D eigenvalue weighted by Crippen LogP contribution is 2.35. The van der Waals surface area contributed by atoms with E-state index in [1.165, 1.54) is 12.1 Å². The van der Waals surface area contributed by atoms with Gasteiger partial charge in [0.2, 0.25) is 0 Å². The van der Waals surface area contributed by atoms with E-state index in [0.717, 1.165) is 19.3 Å². The van der Waals surface area contributed by atoms with Gasteiger partial charge in [0.15, 0.2) is 0 Å². The van der Waals surface area contributed by atoms with Crippen LogP contribution in [0, 0.1) is 5.82 Å². The van der Waals surface area contributed by atoms with Gasteiger partial charge in [-0.1, -0.05) is 43.7 Å². The molecule has 5 heteroatoms. The van der Waals surface area contributed by atoms with E-state index < -0.39 is 17.9 Å². The van der Waals surface area contributed by atoms with Crippen LogP contribution in [0.4, 0.5) is 4.39 Å². The molecule has 1 fully saturated rings. The SMILES string of the molecule is CCC[C@@H]1CC[C@@H]([C@@H](O)c2cccc(F)c2)N1OC(=O)c1ccccc1. The number of hydrogen-bond donors (Lipinski definition) is 1. The summed E-state index contributed by atoms with van der Waals surface area (Å²) in [7, 11) is 0. The summed E-state index contributed by atoms with van der Waals surface area (Å²) in [6.07, 6.45) is 2.41. The Morgan fingerprint density at radius 1 is 1.23 bits per heavy atom. The number of aliphatic hydroxyl groups is 1. The van der Waals surface area contributed by atoms with Gasteiger partial charge in [-0.05, 0) is 49.1 Å². The Bertz CT molecular complexity index is 737. The first-order valence-corrected chi connectivity index (χ1v) is 9.09. The van der Waals surface area contributed by atoms with Crippen LogP contribution < -0.4 is 0 Å². The summed E-state index contributed by atoms with van der Waals surface area (Å²) in [5.41, 5.74) is 0.960. The molecule has 0 radical (unpaired) electrons. The van der Waals surface area contributed by atoms with E-state index in [1.54, 1.807) is 41.5 Å². The van der Waals surface area contributed by atoms with Gasteiger partial charge >= 0.3 is 5.97 Å². The van der Waals surface area contributed by atoms with Crippen molar-refractivity contribution in [3.63, 3.8) is 0 Å². The molecule has 3 rings (SSSR count). The molecule has 0 unspecified atom stereocenters. The van der Waals surface area contributed by atoms with E-state index >= 15 is 0 Å². The maximum atomic E-state index is 13.5. The zero-order valence-electron chi connectivity index (χ0n) is 14.8.